The Balaban J connectivity index is 0.00000210. The van der Waals surface area contributed by atoms with E-state index in [0.29, 0.717) is 12.2 Å². The molecule has 1 aliphatic heterocycles. The van der Waals surface area contributed by atoms with Crippen LogP contribution in [0.5, 0.6) is 0 Å². The maximum Gasteiger partial charge on any atom is 0.350 e. The quantitative estimate of drug-likeness (QED) is 0.718. The molecule has 1 amide bonds. The molecule has 2 aromatic heterocycles. The number of rotatable bonds is 4. The lowest BCUT2D eigenvalue weighted by molar-refractivity contribution is -0.118. The average Bonchev–Trinajstić information content (AvgIpc) is 2.99. The third-order valence-corrected chi connectivity index (χ3v) is 4.64. The van der Waals surface area contributed by atoms with Gasteiger partial charge in [0, 0.05) is 11.9 Å². The molecule has 1 saturated heterocycles. The summed E-state index contributed by atoms with van der Waals surface area (Å²) in [6, 6.07) is 12.9. The van der Waals surface area contributed by atoms with Crippen molar-refractivity contribution < 1.29 is 4.79 Å². The monoisotopic (exact) mass is 387 g/mol. The number of nitrogens with zero attached hydrogens (tertiary/aromatic N) is 3. The Hall–Kier alpha value is -2.64. The number of carbonyl (C=O) groups excluding carboxylic acids is 1. The molecule has 2 N–H and O–H groups in total. The van der Waals surface area contributed by atoms with E-state index in [-0.39, 0.29) is 30.0 Å². The fourth-order valence-electron chi connectivity index (χ4n) is 3.30. The van der Waals surface area contributed by atoms with Gasteiger partial charge in [-0.15, -0.1) is 17.5 Å². The molecule has 4 rings (SSSR count). The summed E-state index contributed by atoms with van der Waals surface area (Å²) in [5.41, 5.74) is 2.08. The zero-order chi connectivity index (χ0) is 17.9. The molecule has 1 fully saturated rings. The Bertz CT molecular complexity index is 991. The van der Waals surface area contributed by atoms with Crippen molar-refractivity contribution >= 4 is 29.6 Å². The molecule has 0 bridgehead atoms. The van der Waals surface area contributed by atoms with Crippen LogP contribution in [0.1, 0.15) is 24.8 Å². The maximum absolute atomic E-state index is 12.4. The molecule has 3 aromatic rings. The first-order valence-electron chi connectivity index (χ1n) is 8.88. The van der Waals surface area contributed by atoms with Crippen molar-refractivity contribution in [3.05, 3.63) is 64.7 Å². The van der Waals surface area contributed by atoms with Crippen molar-refractivity contribution in [2.45, 2.75) is 31.8 Å². The summed E-state index contributed by atoms with van der Waals surface area (Å²) in [5.74, 6) is -0.00764. The molecule has 1 unspecified atom stereocenters. The highest BCUT2D eigenvalue weighted by Gasteiger charge is 2.20. The summed E-state index contributed by atoms with van der Waals surface area (Å²) >= 11 is 0. The number of aromatic nitrogens is 3. The van der Waals surface area contributed by atoms with E-state index in [4.69, 9.17) is 0 Å². The molecule has 0 saturated carbocycles. The van der Waals surface area contributed by atoms with Crippen molar-refractivity contribution in [3.63, 3.8) is 0 Å². The third-order valence-electron chi connectivity index (χ3n) is 4.64. The number of hydrogen-bond donors (Lipinski definition) is 2. The Labute approximate surface area is 162 Å². The Morgan fingerprint density at radius 1 is 1.22 bits per heavy atom. The number of benzene rings is 1. The van der Waals surface area contributed by atoms with E-state index in [2.05, 4.69) is 15.7 Å². The van der Waals surface area contributed by atoms with Crippen molar-refractivity contribution in [2.75, 3.05) is 11.9 Å². The number of amides is 1. The van der Waals surface area contributed by atoms with Crippen LogP contribution in [-0.4, -0.2) is 32.7 Å². The maximum atomic E-state index is 12.4. The normalized spacial score (nSPS) is 16.7. The van der Waals surface area contributed by atoms with Gasteiger partial charge in [-0.25, -0.2) is 9.48 Å². The number of hydrogen-bond acceptors (Lipinski definition) is 4. The van der Waals surface area contributed by atoms with Gasteiger partial charge in [0.25, 0.3) is 0 Å². The highest BCUT2D eigenvalue weighted by molar-refractivity contribution is 5.94. The summed E-state index contributed by atoms with van der Waals surface area (Å²) in [7, 11) is 0. The minimum atomic E-state index is -0.179. The second kappa shape index (κ2) is 8.37. The van der Waals surface area contributed by atoms with Crippen molar-refractivity contribution in [1.29, 1.82) is 0 Å². The second-order valence-corrected chi connectivity index (χ2v) is 6.56. The van der Waals surface area contributed by atoms with Gasteiger partial charge < -0.3 is 10.6 Å². The molecule has 8 heteroatoms. The first-order chi connectivity index (χ1) is 12.7. The molecule has 7 nitrogen and oxygen atoms in total. The lowest BCUT2D eigenvalue weighted by Crippen LogP contribution is -2.43. The number of anilines is 1. The van der Waals surface area contributed by atoms with Crippen LogP contribution in [0.15, 0.2) is 53.5 Å². The van der Waals surface area contributed by atoms with E-state index in [9.17, 15) is 9.59 Å². The third kappa shape index (κ3) is 4.20. The number of fused-ring (bicyclic) bond motifs is 1. The highest BCUT2D eigenvalue weighted by Crippen LogP contribution is 2.14. The summed E-state index contributed by atoms with van der Waals surface area (Å²) in [5, 5.41) is 10.6. The van der Waals surface area contributed by atoms with Gasteiger partial charge >= 0.3 is 5.69 Å². The van der Waals surface area contributed by atoms with Crippen LogP contribution in [0.3, 0.4) is 0 Å². The first-order valence-corrected chi connectivity index (χ1v) is 8.88. The van der Waals surface area contributed by atoms with Crippen LogP contribution in [0.25, 0.3) is 5.65 Å². The molecule has 0 radical (unpaired) electrons. The number of piperidine rings is 1. The Morgan fingerprint density at radius 2 is 2.11 bits per heavy atom. The molecule has 1 aromatic carbocycles. The summed E-state index contributed by atoms with van der Waals surface area (Å²) in [4.78, 5) is 24.8. The van der Waals surface area contributed by atoms with Gasteiger partial charge in [0.15, 0.2) is 5.65 Å². The standard InChI is InChI=1S/C19H21N5O2.ClH/c25-18(16-8-1-3-10-20-16)21-15-7-5-6-14(12-15)13-24-19(26)23-11-4-2-9-17(23)22-24;/h2,4-7,9,11-12,16,20H,1,3,8,10,13H2,(H,21,25);1H. The topological polar surface area (TPSA) is 80.4 Å². The van der Waals surface area contributed by atoms with Crippen molar-refractivity contribution in [3.8, 4) is 0 Å². The summed E-state index contributed by atoms with van der Waals surface area (Å²) in [6.07, 6.45) is 4.76. The summed E-state index contributed by atoms with van der Waals surface area (Å²) < 4.78 is 2.94. The van der Waals surface area contributed by atoms with Gasteiger partial charge in [-0.05, 0) is 49.2 Å². The minimum Gasteiger partial charge on any atom is -0.325 e. The van der Waals surface area contributed by atoms with E-state index >= 15 is 0 Å². The second-order valence-electron chi connectivity index (χ2n) is 6.56. The van der Waals surface area contributed by atoms with Crippen LogP contribution in [0, 0.1) is 0 Å². The van der Waals surface area contributed by atoms with Gasteiger partial charge in [-0.2, -0.15) is 0 Å². The van der Waals surface area contributed by atoms with Crippen LogP contribution in [-0.2, 0) is 11.3 Å². The molecular formula is C19H22ClN5O2. The molecular weight excluding hydrogens is 366 g/mol. The molecule has 0 aliphatic carbocycles. The zero-order valence-corrected chi connectivity index (χ0v) is 15.6. The lowest BCUT2D eigenvalue weighted by Gasteiger charge is -2.22. The van der Waals surface area contributed by atoms with Crippen LogP contribution in [0.2, 0.25) is 0 Å². The minimum absolute atomic E-state index is 0. The lowest BCUT2D eigenvalue weighted by atomic mass is 10.0. The number of pyridine rings is 1. The fourth-order valence-corrected chi connectivity index (χ4v) is 3.30. The van der Waals surface area contributed by atoms with E-state index in [0.717, 1.165) is 37.1 Å². The molecule has 1 atom stereocenters. The smallest absolute Gasteiger partial charge is 0.325 e. The number of carbonyl (C=O) groups is 1. The molecule has 3 heterocycles. The van der Waals surface area contributed by atoms with E-state index in [1.165, 1.54) is 9.08 Å². The van der Waals surface area contributed by atoms with Crippen LogP contribution < -0.4 is 16.3 Å². The largest absolute Gasteiger partial charge is 0.350 e. The van der Waals surface area contributed by atoms with Gasteiger partial charge in [-0.1, -0.05) is 24.6 Å². The predicted molar refractivity (Wildman–Crippen MR) is 107 cm³/mol. The Kier molecular flexibility index (Phi) is 5.93. The van der Waals surface area contributed by atoms with E-state index in [1.54, 1.807) is 18.3 Å². The molecule has 142 valence electrons. The fraction of sp³-hybridized carbons (Fsp3) is 0.316. The van der Waals surface area contributed by atoms with E-state index < -0.39 is 0 Å². The number of halogens is 1. The van der Waals surface area contributed by atoms with Gasteiger partial charge in [-0.3, -0.25) is 9.20 Å². The SMILES string of the molecule is Cl.O=C(Nc1cccc(Cn2nc3ccccn3c2=O)c1)C1CCCCN1. The van der Waals surface area contributed by atoms with Crippen LogP contribution >= 0.6 is 12.4 Å². The Morgan fingerprint density at radius 3 is 2.89 bits per heavy atom. The van der Waals surface area contributed by atoms with Gasteiger partial charge in [0.1, 0.15) is 0 Å². The predicted octanol–water partition coefficient (Wildman–Crippen LogP) is 2.05. The number of nitrogens with one attached hydrogen (secondary N) is 2. The van der Waals surface area contributed by atoms with Crippen LogP contribution in [0.4, 0.5) is 5.69 Å². The molecule has 0 spiro atoms. The highest BCUT2D eigenvalue weighted by atomic mass is 35.5. The van der Waals surface area contributed by atoms with Crippen molar-refractivity contribution in [1.82, 2.24) is 19.5 Å². The zero-order valence-electron chi connectivity index (χ0n) is 14.8. The van der Waals surface area contributed by atoms with Gasteiger partial charge in [0.05, 0.1) is 12.6 Å². The molecule has 1 aliphatic rings. The van der Waals surface area contributed by atoms with Gasteiger partial charge in [0.2, 0.25) is 5.91 Å². The van der Waals surface area contributed by atoms with Crippen molar-refractivity contribution in [2.24, 2.45) is 0 Å². The van der Waals surface area contributed by atoms with E-state index in [1.807, 2.05) is 30.3 Å². The average molecular weight is 388 g/mol. The first kappa shape index (κ1) is 19.1. The summed E-state index contributed by atoms with van der Waals surface area (Å²) in [6.45, 7) is 1.24. The molecule has 27 heavy (non-hydrogen) atoms.